The van der Waals surface area contributed by atoms with Crippen LogP contribution in [-0.2, 0) is 9.63 Å². The van der Waals surface area contributed by atoms with Crippen LogP contribution in [0.1, 0.15) is 6.42 Å². The Hall–Kier alpha value is -0.830. The highest BCUT2D eigenvalue weighted by Crippen LogP contribution is 2.39. The SMILES string of the molecule is C=C[C@@H]1C[C@H]1C(=O)ON. The van der Waals surface area contributed by atoms with Crippen molar-refractivity contribution in [1.82, 2.24) is 0 Å². The largest absolute Gasteiger partial charge is 0.373 e. The summed E-state index contributed by atoms with van der Waals surface area (Å²) in [5, 5.41) is 0. The van der Waals surface area contributed by atoms with Crippen LogP contribution in [0, 0.1) is 11.8 Å². The Kier molecular flexibility index (Phi) is 1.53. The second kappa shape index (κ2) is 2.19. The summed E-state index contributed by atoms with van der Waals surface area (Å²) >= 11 is 0. The first-order valence-electron chi connectivity index (χ1n) is 2.82. The van der Waals surface area contributed by atoms with E-state index in [-0.39, 0.29) is 11.9 Å². The molecule has 2 atom stereocenters. The fourth-order valence-electron chi connectivity index (χ4n) is 0.834. The summed E-state index contributed by atoms with van der Waals surface area (Å²) in [6.07, 6.45) is 2.60. The van der Waals surface area contributed by atoms with E-state index < -0.39 is 0 Å². The molecule has 0 unspecified atom stereocenters. The van der Waals surface area contributed by atoms with E-state index in [1.807, 2.05) is 0 Å². The van der Waals surface area contributed by atoms with Gasteiger partial charge in [-0.05, 0) is 12.3 Å². The van der Waals surface area contributed by atoms with Gasteiger partial charge in [0.2, 0.25) is 0 Å². The maximum absolute atomic E-state index is 10.5. The molecule has 0 heterocycles. The lowest BCUT2D eigenvalue weighted by atomic mass is 10.3. The van der Waals surface area contributed by atoms with Gasteiger partial charge in [-0.3, -0.25) is 4.79 Å². The first-order chi connectivity index (χ1) is 4.29. The predicted molar refractivity (Wildman–Crippen MR) is 32.1 cm³/mol. The Morgan fingerprint density at radius 1 is 1.89 bits per heavy atom. The highest BCUT2D eigenvalue weighted by Gasteiger charge is 2.41. The normalized spacial score (nSPS) is 31.2. The molecular weight excluding hydrogens is 118 g/mol. The molecule has 0 aliphatic heterocycles. The van der Waals surface area contributed by atoms with Gasteiger partial charge in [-0.1, -0.05) is 6.08 Å². The van der Waals surface area contributed by atoms with Crippen LogP contribution in [0.4, 0.5) is 0 Å². The molecule has 1 fully saturated rings. The molecule has 0 radical (unpaired) electrons. The number of carbonyl (C=O) groups is 1. The molecular formula is C6H9NO2. The summed E-state index contributed by atoms with van der Waals surface area (Å²) in [5.74, 6) is 4.63. The number of hydrogen-bond donors (Lipinski definition) is 1. The van der Waals surface area contributed by atoms with Crippen LogP contribution in [0.25, 0.3) is 0 Å². The van der Waals surface area contributed by atoms with Gasteiger partial charge in [0.1, 0.15) is 0 Å². The fourth-order valence-corrected chi connectivity index (χ4v) is 0.834. The molecule has 0 spiro atoms. The van der Waals surface area contributed by atoms with Crippen molar-refractivity contribution in [3.8, 4) is 0 Å². The highest BCUT2D eigenvalue weighted by atomic mass is 16.7. The van der Waals surface area contributed by atoms with Gasteiger partial charge < -0.3 is 4.84 Å². The van der Waals surface area contributed by atoms with Crippen LogP contribution >= 0.6 is 0 Å². The molecule has 50 valence electrons. The van der Waals surface area contributed by atoms with E-state index >= 15 is 0 Å². The van der Waals surface area contributed by atoms with Gasteiger partial charge in [0.15, 0.2) is 0 Å². The summed E-state index contributed by atoms with van der Waals surface area (Å²) in [6, 6.07) is 0. The van der Waals surface area contributed by atoms with E-state index in [0.717, 1.165) is 6.42 Å². The van der Waals surface area contributed by atoms with E-state index in [1.165, 1.54) is 0 Å². The summed E-state index contributed by atoms with van der Waals surface area (Å²) in [5.41, 5.74) is 0. The third-order valence-electron chi connectivity index (χ3n) is 1.56. The molecule has 1 rings (SSSR count). The monoisotopic (exact) mass is 127 g/mol. The zero-order chi connectivity index (χ0) is 6.85. The molecule has 2 N–H and O–H groups in total. The molecule has 1 aliphatic carbocycles. The molecule has 1 saturated carbocycles. The molecule has 0 aromatic heterocycles. The minimum absolute atomic E-state index is 0.00694. The number of hydrogen-bond acceptors (Lipinski definition) is 3. The Morgan fingerprint density at radius 3 is 2.89 bits per heavy atom. The standard InChI is InChI=1S/C6H9NO2/c1-2-4-3-5(4)6(8)9-7/h2,4-5H,1,3,7H2/t4-,5-/m1/s1. The summed E-state index contributed by atoms with van der Waals surface area (Å²) in [7, 11) is 0. The van der Waals surface area contributed by atoms with Crippen molar-refractivity contribution in [2.45, 2.75) is 6.42 Å². The van der Waals surface area contributed by atoms with Gasteiger partial charge in [-0.2, -0.15) is 5.90 Å². The number of carbonyl (C=O) groups excluding carboxylic acids is 1. The molecule has 1 aliphatic rings. The van der Waals surface area contributed by atoms with E-state index in [4.69, 9.17) is 0 Å². The number of allylic oxidation sites excluding steroid dienone is 1. The lowest BCUT2D eigenvalue weighted by Crippen LogP contribution is -2.12. The quantitative estimate of drug-likeness (QED) is 0.426. The number of nitrogens with two attached hydrogens (primary N) is 1. The minimum Gasteiger partial charge on any atom is -0.373 e. The van der Waals surface area contributed by atoms with E-state index in [0.29, 0.717) is 5.92 Å². The van der Waals surface area contributed by atoms with Gasteiger partial charge in [-0.15, -0.1) is 6.58 Å². The Bertz CT molecular complexity index is 144. The van der Waals surface area contributed by atoms with Crippen LogP contribution in [0.3, 0.4) is 0 Å². The molecule has 3 nitrogen and oxygen atoms in total. The topological polar surface area (TPSA) is 52.3 Å². The van der Waals surface area contributed by atoms with Crippen LogP contribution in [0.15, 0.2) is 12.7 Å². The Morgan fingerprint density at radius 2 is 2.56 bits per heavy atom. The zero-order valence-corrected chi connectivity index (χ0v) is 5.04. The third kappa shape index (κ3) is 1.10. The molecule has 0 bridgehead atoms. The molecule has 0 aromatic rings. The lowest BCUT2D eigenvalue weighted by Gasteiger charge is -1.90. The van der Waals surface area contributed by atoms with Crippen molar-refractivity contribution in [3.05, 3.63) is 12.7 Å². The van der Waals surface area contributed by atoms with Gasteiger partial charge in [-0.25, -0.2) is 0 Å². The zero-order valence-electron chi connectivity index (χ0n) is 5.04. The maximum atomic E-state index is 10.5. The molecule has 0 amide bonds. The summed E-state index contributed by atoms with van der Waals surface area (Å²) in [6.45, 7) is 3.54. The molecule has 0 aromatic carbocycles. The van der Waals surface area contributed by atoms with Crippen molar-refractivity contribution < 1.29 is 9.63 Å². The fraction of sp³-hybridized carbons (Fsp3) is 0.500. The lowest BCUT2D eigenvalue weighted by molar-refractivity contribution is -0.145. The van der Waals surface area contributed by atoms with Crippen molar-refractivity contribution in [2.24, 2.45) is 17.7 Å². The van der Waals surface area contributed by atoms with E-state index in [2.05, 4.69) is 17.3 Å². The molecule has 0 saturated heterocycles. The van der Waals surface area contributed by atoms with Crippen LogP contribution in [0.2, 0.25) is 0 Å². The van der Waals surface area contributed by atoms with Crippen molar-refractivity contribution in [1.29, 1.82) is 0 Å². The van der Waals surface area contributed by atoms with E-state index in [9.17, 15) is 4.79 Å². The second-order valence-electron chi connectivity index (χ2n) is 2.18. The molecule has 3 heteroatoms. The first kappa shape index (κ1) is 6.29. The number of rotatable bonds is 2. The molecule has 9 heavy (non-hydrogen) atoms. The summed E-state index contributed by atoms with van der Waals surface area (Å²) in [4.78, 5) is 14.6. The van der Waals surface area contributed by atoms with Gasteiger partial charge in [0.25, 0.3) is 0 Å². The first-order valence-corrected chi connectivity index (χ1v) is 2.82. The average molecular weight is 127 g/mol. The minimum atomic E-state index is -0.320. The van der Waals surface area contributed by atoms with Crippen molar-refractivity contribution in [2.75, 3.05) is 0 Å². The van der Waals surface area contributed by atoms with E-state index in [1.54, 1.807) is 6.08 Å². The highest BCUT2D eigenvalue weighted by molar-refractivity contribution is 5.75. The second-order valence-corrected chi connectivity index (χ2v) is 2.18. The van der Waals surface area contributed by atoms with Gasteiger partial charge in [0.05, 0.1) is 5.92 Å². The van der Waals surface area contributed by atoms with Crippen LogP contribution < -0.4 is 5.90 Å². The van der Waals surface area contributed by atoms with Gasteiger partial charge >= 0.3 is 5.97 Å². The third-order valence-corrected chi connectivity index (χ3v) is 1.56. The smallest absolute Gasteiger partial charge is 0.328 e. The Labute approximate surface area is 53.4 Å². The van der Waals surface area contributed by atoms with Crippen molar-refractivity contribution in [3.63, 3.8) is 0 Å². The van der Waals surface area contributed by atoms with Crippen molar-refractivity contribution >= 4 is 5.97 Å². The average Bonchev–Trinajstić information content (AvgIpc) is 2.64. The predicted octanol–water partition coefficient (Wildman–Crippen LogP) is 0.225. The van der Waals surface area contributed by atoms with Crippen LogP contribution in [-0.4, -0.2) is 5.97 Å². The Balaban J connectivity index is 2.33. The van der Waals surface area contributed by atoms with Crippen LogP contribution in [0.5, 0.6) is 0 Å². The summed E-state index contributed by atoms with van der Waals surface area (Å²) < 4.78 is 0. The van der Waals surface area contributed by atoms with Gasteiger partial charge in [0, 0.05) is 0 Å². The maximum Gasteiger partial charge on any atom is 0.328 e.